The van der Waals surface area contributed by atoms with Crippen LogP contribution < -0.4 is 14.8 Å². The molecule has 7 heteroatoms. The number of benzene rings is 1. The molecule has 0 atom stereocenters. The molecule has 23 heavy (non-hydrogen) atoms. The average molecular weight is 331 g/mol. The molecule has 0 unspecified atom stereocenters. The molecule has 0 spiro atoms. The third kappa shape index (κ3) is 3.27. The molecule has 0 amide bonds. The van der Waals surface area contributed by atoms with Crippen molar-refractivity contribution in [1.82, 2.24) is 15.0 Å². The number of nitrogens with one attached hydrogen (secondary N) is 1. The van der Waals surface area contributed by atoms with Crippen molar-refractivity contribution in [2.24, 2.45) is 0 Å². The van der Waals surface area contributed by atoms with E-state index in [0.29, 0.717) is 29.4 Å². The minimum absolute atomic E-state index is 0.165. The normalized spacial score (nSPS) is 10.6. The van der Waals surface area contributed by atoms with Gasteiger partial charge in [-0.3, -0.25) is 4.98 Å². The highest BCUT2D eigenvalue weighted by Gasteiger charge is 2.12. The molecule has 118 valence electrons. The molecule has 0 fully saturated rings. The number of methoxy groups -OCH3 is 2. The first kappa shape index (κ1) is 15.3. The van der Waals surface area contributed by atoms with Crippen LogP contribution in [0.5, 0.6) is 11.5 Å². The van der Waals surface area contributed by atoms with Crippen molar-refractivity contribution in [3.63, 3.8) is 0 Å². The predicted molar refractivity (Wildman–Crippen MR) is 89.2 cm³/mol. The third-order valence-corrected chi connectivity index (χ3v) is 3.53. The third-order valence-electron chi connectivity index (χ3n) is 3.36. The molecule has 3 rings (SSSR count). The Labute approximate surface area is 138 Å². The van der Waals surface area contributed by atoms with Crippen molar-refractivity contribution in [3.8, 4) is 11.5 Å². The van der Waals surface area contributed by atoms with Crippen LogP contribution in [0.2, 0.25) is 5.28 Å². The fraction of sp³-hybridized carbons (Fsp3) is 0.188. The van der Waals surface area contributed by atoms with Crippen LogP contribution >= 0.6 is 11.6 Å². The van der Waals surface area contributed by atoms with Crippen LogP contribution in [0.25, 0.3) is 10.9 Å². The molecule has 1 aromatic carbocycles. The number of hydrogen-bond acceptors (Lipinski definition) is 6. The van der Waals surface area contributed by atoms with Gasteiger partial charge in [0.05, 0.1) is 19.7 Å². The van der Waals surface area contributed by atoms with Gasteiger partial charge in [-0.05, 0) is 29.3 Å². The minimum Gasteiger partial charge on any atom is -0.493 e. The Balaban J connectivity index is 2.01. The summed E-state index contributed by atoms with van der Waals surface area (Å²) < 4.78 is 10.6. The summed E-state index contributed by atoms with van der Waals surface area (Å²) in [7, 11) is 3.16. The standard InChI is InChI=1S/C16H15ClN4O2/c1-22-13-6-11-12(7-14(13)23-2)20-16(17)21-15(11)19-9-10-4-3-5-18-8-10/h3-8H,9H2,1-2H3,(H,19,20,21). The van der Waals surface area contributed by atoms with E-state index in [0.717, 1.165) is 10.9 Å². The monoisotopic (exact) mass is 330 g/mol. The quantitative estimate of drug-likeness (QED) is 0.724. The SMILES string of the molecule is COc1cc2nc(Cl)nc(NCc3cccnc3)c2cc1OC. The van der Waals surface area contributed by atoms with Crippen LogP contribution in [0, 0.1) is 0 Å². The molecule has 0 saturated heterocycles. The highest BCUT2D eigenvalue weighted by molar-refractivity contribution is 6.28. The van der Waals surface area contributed by atoms with Crippen molar-refractivity contribution in [2.75, 3.05) is 19.5 Å². The fourth-order valence-electron chi connectivity index (χ4n) is 2.25. The molecule has 0 saturated carbocycles. The largest absolute Gasteiger partial charge is 0.493 e. The Hall–Kier alpha value is -2.60. The maximum atomic E-state index is 6.03. The molecule has 0 bridgehead atoms. The number of aromatic nitrogens is 3. The van der Waals surface area contributed by atoms with Gasteiger partial charge in [-0.25, -0.2) is 9.97 Å². The first-order valence-corrected chi connectivity index (χ1v) is 7.31. The van der Waals surface area contributed by atoms with Gasteiger partial charge in [0.2, 0.25) is 5.28 Å². The Morgan fingerprint density at radius 1 is 1.13 bits per heavy atom. The lowest BCUT2D eigenvalue weighted by Crippen LogP contribution is -2.04. The molecule has 3 aromatic rings. The molecule has 0 radical (unpaired) electrons. The lowest BCUT2D eigenvalue weighted by Gasteiger charge is -2.12. The van der Waals surface area contributed by atoms with Gasteiger partial charge in [0.1, 0.15) is 5.82 Å². The molecular weight excluding hydrogens is 316 g/mol. The highest BCUT2D eigenvalue weighted by atomic mass is 35.5. The highest BCUT2D eigenvalue weighted by Crippen LogP contribution is 2.34. The molecule has 2 heterocycles. The minimum atomic E-state index is 0.165. The Morgan fingerprint density at radius 3 is 2.61 bits per heavy atom. The molecule has 0 aliphatic carbocycles. The van der Waals surface area contributed by atoms with E-state index in [1.807, 2.05) is 18.2 Å². The van der Waals surface area contributed by atoms with Gasteiger partial charge in [0, 0.05) is 30.4 Å². The molecule has 6 nitrogen and oxygen atoms in total. The molecule has 1 N–H and O–H groups in total. The molecular formula is C16H15ClN4O2. The second kappa shape index (κ2) is 6.66. The maximum Gasteiger partial charge on any atom is 0.224 e. The first-order valence-electron chi connectivity index (χ1n) is 6.93. The second-order valence-electron chi connectivity index (χ2n) is 4.78. The fourth-order valence-corrected chi connectivity index (χ4v) is 2.43. The smallest absolute Gasteiger partial charge is 0.224 e. The molecule has 0 aliphatic heterocycles. The summed E-state index contributed by atoms with van der Waals surface area (Å²) in [6.07, 6.45) is 3.53. The van der Waals surface area contributed by atoms with E-state index in [1.54, 1.807) is 32.7 Å². The average Bonchev–Trinajstić information content (AvgIpc) is 2.59. The van der Waals surface area contributed by atoms with Crippen LogP contribution in [0.3, 0.4) is 0 Å². The summed E-state index contributed by atoms with van der Waals surface area (Å²) >= 11 is 6.03. The Kier molecular flexibility index (Phi) is 4.43. The van der Waals surface area contributed by atoms with E-state index in [4.69, 9.17) is 21.1 Å². The zero-order valence-corrected chi connectivity index (χ0v) is 13.5. The van der Waals surface area contributed by atoms with Crippen LogP contribution in [0.15, 0.2) is 36.7 Å². The summed E-state index contributed by atoms with van der Waals surface area (Å²) in [5, 5.41) is 4.23. The number of halogens is 1. The molecule has 0 aliphatic rings. The van der Waals surface area contributed by atoms with Crippen LogP contribution in [-0.2, 0) is 6.54 Å². The number of fused-ring (bicyclic) bond motifs is 1. The summed E-state index contributed by atoms with van der Waals surface area (Å²) in [6, 6.07) is 7.47. The molecule has 2 aromatic heterocycles. The zero-order valence-electron chi connectivity index (χ0n) is 12.7. The van der Waals surface area contributed by atoms with Gasteiger partial charge in [-0.1, -0.05) is 6.07 Å². The lowest BCUT2D eigenvalue weighted by molar-refractivity contribution is 0.356. The van der Waals surface area contributed by atoms with E-state index in [1.165, 1.54) is 0 Å². The Bertz CT molecular complexity index is 827. The van der Waals surface area contributed by atoms with Gasteiger partial charge >= 0.3 is 0 Å². The number of nitrogens with zero attached hydrogens (tertiary/aromatic N) is 3. The van der Waals surface area contributed by atoms with Gasteiger partial charge < -0.3 is 14.8 Å². The van der Waals surface area contributed by atoms with Gasteiger partial charge in [0.25, 0.3) is 0 Å². The van der Waals surface area contributed by atoms with Gasteiger partial charge in [-0.15, -0.1) is 0 Å². The summed E-state index contributed by atoms with van der Waals surface area (Å²) in [6.45, 7) is 0.574. The van der Waals surface area contributed by atoms with Crippen molar-refractivity contribution < 1.29 is 9.47 Å². The summed E-state index contributed by atoms with van der Waals surface area (Å²) in [5.74, 6) is 1.83. The lowest BCUT2D eigenvalue weighted by atomic mass is 10.2. The van der Waals surface area contributed by atoms with Crippen molar-refractivity contribution >= 4 is 28.3 Å². The first-order chi connectivity index (χ1) is 11.2. The van der Waals surface area contributed by atoms with E-state index < -0.39 is 0 Å². The Morgan fingerprint density at radius 2 is 1.91 bits per heavy atom. The van der Waals surface area contributed by atoms with E-state index >= 15 is 0 Å². The van der Waals surface area contributed by atoms with Gasteiger partial charge in [0.15, 0.2) is 11.5 Å². The number of ether oxygens (including phenoxy) is 2. The topological polar surface area (TPSA) is 69.2 Å². The van der Waals surface area contributed by atoms with Crippen LogP contribution in [-0.4, -0.2) is 29.2 Å². The number of rotatable bonds is 5. The van der Waals surface area contributed by atoms with Crippen molar-refractivity contribution in [3.05, 3.63) is 47.5 Å². The number of hydrogen-bond donors (Lipinski definition) is 1. The zero-order chi connectivity index (χ0) is 16.2. The number of pyridine rings is 1. The van der Waals surface area contributed by atoms with Gasteiger partial charge in [-0.2, -0.15) is 0 Å². The maximum absolute atomic E-state index is 6.03. The van der Waals surface area contributed by atoms with E-state index in [9.17, 15) is 0 Å². The van der Waals surface area contributed by atoms with E-state index in [-0.39, 0.29) is 5.28 Å². The van der Waals surface area contributed by atoms with Crippen molar-refractivity contribution in [2.45, 2.75) is 6.54 Å². The second-order valence-corrected chi connectivity index (χ2v) is 5.12. The predicted octanol–water partition coefficient (Wildman–Crippen LogP) is 3.31. The summed E-state index contributed by atoms with van der Waals surface area (Å²) in [5.41, 5.74) is 1.71. The summed E-state index contributed by atoms with van der Waals surface area (Å²) in [4.78, 5) is 12.6. The van der Waals surface area contributed by atoms with Crippen molar-refractivity contribution in [1.29, 1.82) is 0 Å². The van der Waals surface area contributed by atoms with E-state index in [2.05, 4.69) is 20.3 Å². The van der Waals surface area contributed by atoms with Crippen LogP contribution in [0.1, 0.15) is 5.56 Å². The van der Waals surface area contributed by atoms with Crippen LogP contribution in [0.4, 0.5) is 5.82 Å². The number of anilines is 1.